The predicted molar refractivity (Wildman–Crippen MR) is 63.4 cm³/mol. The zero-order valence-corrected chi connectivity index (χ0v) is 8.80. The summed E-state index contributed by atoms with van der Waals surface area (Å²) in [6.07, 6.45) is 0. The third-order valence-corrected chi connectivity index (χ3v) is 2.07. The lowest BCUT2D eigenvalue weighted by atomic mass is 10.3. The Hall–Kier alpha value is -2.16. The molecular formula is C13H13NO2. The van der Waals surface area contributed by atoms with Crippen molar-refractivity contribution in [3.05, 3.63) is 54.6 Å². The van der Waals surface area contributed by atoms with Gasteiger partial charge >= 0.3 is 0 Å². The van der Waals surface area contributed by atoms with Crippen LogP contribution < -0.4 is 15.2 Å². The lowest BCUT2D eigenvalue weighted by molar-refractivity contribution is 0.120. The molecule has 2 N–H and O–H groups in total. The summed E-state index contributed by atoms with van der Waals surface area (Å²) in [5.41, 5.74) is 6.28. The maximum atomic E-state index is 5.56. The van der Waals surface area contributed by atoms with Crippen molar-refractivity contribution in [3.8, 4) is 11.5 Å². The molecule has 0 unspecified atom stereocenters. The van der Waals surface area contributed by atoms with Gasteiger partial charge in [-0.2, -0.15) is 0 Å². The van der Waals surface area contributed by atoms with Crippen LogP contribution in [0.1, 0.15) is 0 Å². The van der Waals surface area contributed by atoms with Gasteiger partial charge < -0.3 is 15.2 Å². The fraction of sp³-hybridized carbons (Fsp3) is 0.0769. The van der Waals surface area contributed by atoms with Gasteiger partial charge in [0, 0.05) is 5.69 Å². The molecule has 0 heterocycles. The first-order chi connectivity index (χ1) is 7.84. The van der Waals surface area contributed by atoms with E-state index in [4.69, 9.17) is 15.2 Å². The number of hydrogen-bond acceptors (Lipinski definition) is 3. The minimum absolute atomic E-state index is 0.188. The Labute approximate surface area is 94.4 Å². The van der Waals surface area contributed by atoms with E-state index in [1.54, 1.807) is 12.1 Å². The van der Waals surface area contributed by atoms with Gasteiger partial charge in [-0.1, -0.05) is 18.2 Å². The Kier molecular flexibility index (Phi) is 3.28. The first-order valence-electron chi connectivity index (χ1n) is 5.01. The number of ether oxygens (including phenoxy) is 2. The van der Waals surface area contributed by atoms with E-state index in [0.717, 1.165) is 17.2 Å². The molecule has 3 nitrogen and oxygen atoms in total. The van der Waals surface area contributed by atoms with E-state index < -0.39 is 0 Å². The Morgan fingerprint density at radius 3 is 1.94 bits per heavy atom. The lowest BCUT2D eigenvalue weighted by Gasteiger charge is -2.08. The molecule has 2 aromatic carbocycles. The third kappa shape index (κ3) is 2.92. The molecule has 0 saturated heterocycles. The van der Waals surface area contributed by atoms with Crippen LogP contribution in [0.15, 0.2) is 54.6 Å². The molecule has 0 aliphatic rings. The average Bonchev–Trinajstić information content (AvgIpc) is 2.33. The van der Waals surface area contributed by atoms with Crippen molar-refractivity contribution in [3.63, 3.8) is 0 Å². The van der Waals surface area contributed by atoms with E-state index in [9.17, 15) is 0 Å². The van der Waals surface area contributed by atoms with Gasteiger partial charge in [-0.25, -0.2) is 0 Å². The van der Waals surface area contributed by atoms with Crippen molar-refractivity contribution in [2.45, 2.75) is 0 Å². The molecule has 0 aliphatic carbocycles. The molecule has 0 atom stereocenters. The molecule has 0 amide bonds. The van der Waals surface area contributed by atoms with E-state index in [0.29, 0.717) is 0 Å². The summed E-state index contributed by atoms with van der Waals surface area (Å²) in [6.45, 7) is 0.188. The van der Waals surface area contributed by atoms with Gasteiger partial charge in [0.25, 0.3) is 0 Å². The van der Waals surface area contributed by atoms with Gasteiger partial charge in [-0.3, -0.25) is 0 Å². The quantitative estimate of drug-likeness (QED) is 0.630. The molecule has 0 fully saturated rings. The summed E-state index contributed by atoms with van der Waals surface area (Å²) in [7, 11) is 0. The number of rotatable bonds is 4. The minimum atomic E-state index is 0.188. The topological polar surface area (TPSA) is 44.5 Å². The summed E-state index contributed by atoms with van der Waals surface area (Å²) >= 11 is 0. The summed E-state index contributed by atoms with van der Waals surface area (Å²) < 4.78 is 10.8. The first kappa shape index (κ1) is 10.4. The van der Waals surface area contributed by atoms with Crippen molar-refractivity contribution in [1.29, 1.82) is 0 Å². The highest BCUT2D eigenvalue weighted by Crippen LogP contribution is 2.14. The van der Waals surface area contributed by atoms with Gasteiger partial charge in [0.15, 0.2) is 0 Å². The van der Waals surface area contributed by atoms with Crippen molar-refractivity contribution < 1.29 is 9.47 Å². The molecular weight excluding hydrogens is 202 g/mol. The van der Waals surface area contributed by atoms with Crippen molar-refractivity contribution in [1.82, 2.24) is 0 Å². The highest BCUT2D eigenvalue weighted by molar-refractivity contribution is 5.41. The number of nitrogens with two attached hydrogens (primary N) is 1. The van der Waals surface area contributed by atoms with Crippen LogP contribution in [0.2, 0.25) is 0 Å². The van der Waals surface area contributed by atoms with E-state index in [1.165, 1.54) is 0 Å². The van der Waals surface area contributed by atoms with Crippen molar-refractivity contribution in [2.75, 3.05) is 12.5 Å². The molecule has 0 saturated carbocycles. The van der Waals surface area contributed by atoms with Gasteiger partial charge in [0.2, 0.25) is 6.79 Å². The molecule has 2 aromatic rings. The van der Waals surface area contributed by atoms with Crippen LogP contribution in [-0.2, 0) is 0 Å². The summed E-state index contributed by atoms with van der Waals surface area (Å²) in [5.74, 6) is 1.53. The standard InChI is InChI=1S/C13H13NO2/c14-11-6-8-13(9-7-11)16-10-15-12-4-2-1-3-5-12/h1-9H,10,14H2. The van der Waals surface area contributed by atoms with E-state index in [1.807, 2.05) is 42.5 Å². The molecule has 2 rings (SSSR count). The molecule has 82 valence electrons. The smallest absolute Gasteiger partial charge is 0.230 e. The summed E-state index contributed by atoms with van der Waals surface area (Å²) in [6, 6.07) is 16.7. The monoisotopic (exact) mass is 215 g/mol. The Bertz CT molecular complexity index is 425. The van der Waals surface area contributed by atoms with Crippen molar-refractivity contribution >= 4 is 5.69 Å². The largest absolute Gasteiger partial charge is 0.458 e. The normalized spacial score (nSPS) is 9.75. The Morgan fingerprint density at radius 2 is 1.31 bits per heavy atom. The molecule has 0 spiro atoms. The molecule has 16 heavy (non-hydrogen) atoms. The highest BCUT2D eigenvalue weighted by Gasteiger charge is 1.94. The average molecular weight is 215 g/mol. The minimum Gasteiger partial charge on any atom is -0.458 e. The van der Waals surface area contributed by atoms with Gasteiger partial charge in [-0.05, 0) is 36.4 Å². The second kappa shape index (κ2) is 5.07. The van der Waals surface area contributed by atoms with Crippen LogP contribution in [0.5, 0.6) is 11.5 Å². The molecule has 0 bridgehead atoms. The molecule has 0 radical (unpaired) electrons. The fourth-order valence-electron chi connectivity index (χ4n) is 1.25. The summed E-state index contributed by atoms with van der Waals surface area (Å²) in [5, 5.41) is 0. The second-order valence-electron chi connectivity index (χ2n) is 3.29. The van der Waals surface area contributed by atoms with Gasteiger partial charge in [-0.15, -0.1) is 0 Å². The summed E-state index contributed by atoms with van der Waals surface area (Å²) in [4.78, 5) is 0. The second-order valence-corrected chi connectivity index (χ2v) is 3.29. The van der Waals surface area contributed by atoms with Gasteiger partial charge in [0.05, 0.1) is 0 Å². The zero-order chi connectivity index (χ0) is 11.2. The van der Waals surface area contributed by atoms with Crippen molar-refractivity contribution in [2.24, 2.45) is 0 Å². The zero-order valence-electron chi connectivity index (χ0n) is 8.80. The van der Waals surface area contributed by atoms with Gasteiger partial charge in [0.1, 0.15) is 11.5 Å². The maximum Gasteiger partial charge on any atom is 0.230 e. The van der Waals surface area contributed by atoms with E-state index in [-0.39, 0.29) is 6.79 Å². The SMILES string of the molecule is Nc1ccc(OCOc2ccccc2)cc1. The van der Waals surface area contributed by atoms with Crippen LogP contribution in [-0.4, -0.2) is 6.79 Å². The number of benzene rings is 2. The van der Waals surface area contributed by atoms with E-state index in [2.05, 4.69) is 0 Å². The Balaban J connectivity index is 1.82. The van der Waals surface area contributed by atoms with E-state index >= 15 is 0 Å². The number of para-hydroxylation sites is 1. The third-order valence-electron chi connectivity index (χ3n) is 2.07. The van der Waals surface area contributed by atoms with Crippen LogP contribution in [0, 0.1) is 0 Å². The fourth-order valence-corrected chi connectivity index (χ4v) is 1.25. The lowest BCUT2D eigenvalue weighted by Crippen LogP contribution is -2.05. The molecule has 0 aliphatic heterocycles. The van der Waals surface area contributed by atoms with Crippen LogP contribution in [0.3, 0.4) is 0 Å². The van der Waals surface area contributed by atoms with Crippen LogP contribution >= 0.6 is 0 Å². The first-order valence-corrected chi connectivity index (χ1v) is 5.01. The number of hydrogen-bond donors (Lipinski definition) is 1. The maximum absolute atomic E-state index is 5.56. The number of nitrogen functional groups attached to an aromatic ring is 1. The Morgan fingerprint density at radius 1 is 0.750 bits per heavy atom. The van der Waals surface area contributed by atoms with Crippen LogP contribution in [0.4, 0.5) is 5.69 Å². The van der Waals surface area contributed by atoms with Crippen LogP contribution in [0.25, 0.3) is 0 Å². The molecule has 3 heteroatoms. The molecule has 0 aromatic heterocycles. The predicted octanol–water partition coefficient (Wildman–Crippen LogP) is 2.68. The number of anilines is 1. The highest BCUT2D eigenvalue weighted by atomic mass is 16.7.